The molecule has 3 aromatic rings. The van der Waals surface area contributed by atoms with Gasteiger partial charge in [0, 0.05) is 80.3 Å². The van der Waals surface area contributed by atoms with Crippen LogP contribution in [-0.4, -0.2) is 122 Å². The Morgan fingerprint density at radius 2 is 0.952 bits per heavy atom. The first-order valence-electron chi connectivity index (χ1n) is 14.3. The van der Waals surface area contributed by atoms with Gasteiger partial charge in [0.25, 0.3) is 0 Å². The fourth-order valence-electron chi connectivity index (χ4n) is 5.17. The summed E-state index contributed by atoms with van der Waals surface area (Å²) in [6.07, 6.45) is 3.77. The molecule has 0 unspecified atom stereocenters. The van der Waals surface area contributed by atoms with E-state index in [1.54, 1.807) is 0 Å². The minimum Gasteiger partial charge on any atom is -0.696 e. The molecule has 12 heteroatoms. The first-order chi connectivity index (χ1) is 20.1. The molecule has 3 aliphatic heterocycles. The Bertz CT molecular complexity index is 1160. The van der Waals surface area contributed by atoms with Crippen LogP contribution in [-0.2, 0) is 43.9 Å². The van der Waals surface area contributed by atoms with Crippen LogP contribution in [0.2, 0.25) is 0 Å². The minimum absolute atomic E-state index is 0. The number of ether oxygens (including phenoxy) is 3. The van der Waals surface area contributed by atoms with Gasteiger partial charge in [0.15, 0.2) is 0 Å². The second-order valence-corrected chi connectivity index (χ2v) is 12.9. The molecule has 3 fully saturated rings. The van der Waals surface area contributed by atoms with Crippen LogP contribution in [0.3, 0.4) is 0 Å². The van der Waals surface area contributed by atoms with E-state index >= 15 is 0 Å². The molecule has 0 radical (unpaired) electrons. The van der Waals surface area contributed by atoms with Crippen LogP contribution < -0.4 is 0 Å². The summed E-state index contributed by atoms with van der Waals surface area (Å²) in [7, 11) is -0.0181. The van der Waals surface area contributed by atoms with Crippen LogP contribution in [0.5, 0.6) is 0 Å². The van der Waals surface area contributed by atoms with Crippen molar-refractivity contribution in [1.82, 2.24) is 24.7 Å². The van der Waals surface area contributed by atoms with Crippen molar-refractivity contribution >= 4 is 42.4 Å². The standard InChI is InChI=1S/C15H30N3O3P.C14H12N2.CHNS.Cu/c1-7-19-8-2-16(1)13-22(14-17-3-9-20-10-4-17)15-18-5-11-21-12-6-18;1-9-3-5-11-7-8-12-6-4-10(2)16-14(12)13(11)15-9;2-1-3;/h1-15H2;3-8H,1-2H3;3H;/q;;;+1/p-1. The molecule has 3 saturated heterocycles. The monoisotopic (exact) mass is 660 g/mol. The third-order valence-electron chi connectivity index (χ3n) is 7.31. The molecule has 0 atom stereocenters. The topological polar surface area (TPSA) is 87.0 Å². The quantitative estimate of drug-likeness (QED) is 0.128. The average molecular weight is 661 g/mol. The molecule has 42 heavy (non-hydrogen) atoms. The van der Waals surface area contributed by atoms with E-state index in [2.05, 4.69) is 61.6 Å². The maximum atomic E-state index is 7.13. The number of benzene rings is 1. The van der Waals surface area contributed by atoms with Gasteiger partial charge in [-0.25, -0.2) is 5.26 Å². The van der Waals surface area contributed by atoms with Crippen molar-refractivity contribution in [3.63, 3.8) is 0 Å². The van der Waals surface area contributed by atoms with E-state index in [1.165, 1.54) is 24.3 Å². The molecule has 0 amide bonds. The van der Waals surface area contributed by atoms with Gasteiger partial charge < -0.3 is 26.8 Å². The van der Waals surface area contributed by atoms with Gasteiger partial charge >= 0.3 is 17.1 Å². The van der Waals surface area contributed by atoms with E-state index in [1.807, 2.05) is 26.0 Å². The summed E-state index contributed by atoms with van der Waals surface area (Å²) < 4.78 is 16.5. The SMILES string of the molecule is C1CN(CP(CN2CCOCC2)CN2CCOCC2)CCO1.Cc1ccc2ccc3ccc(C)nc3c2n1.N#C[S-].[Cu+]. The number of hydrogen-bond donors (Lipinski definition) is 0. The molecule has 0 N–H and O–H groups in total. The van der Waals surface area contributed by atoms with Gasteiger partial charge in [-0.1, -0.05) is 37.6 Å². The Morgan fingerprint density at radius 3 is 1.26 bits per heavy atom. The van der Waals surface area contributed by atoms with Gasteiger partial charge in [0.1, 0.15) is 0 Å². The molecule has 0 spiro atoms. The number of nitrogens with zero attached hydrogens (tertiary/aromatic N) is 6. The Labute approximate surface area is 267 Å². The van der Waals surface area contributed by atoms with Crippen LogP contribution in [0.4, 0.5) is 0 Å². The number of hydrogen-bond acceptors (Lipinski definition) is 10. The summed E-state index contributed by atoms with van der Waals surface area (Å²) >= 11 is 3.70. The number of aryl methyl sites for hydroxylation is 2. The van der Waals surface area contributed by atoms with Gasteiger partial charge in [0.2, 0.25) is 0 Å². The van der Waals surface area contributed by atoms with Gasteiger partial charge in [0.05, 0.1) is 50.7 Å². The van der Waals surface area contributed by atoms with E-state index in [9.17, 15) is 0 Å². The van der Waals surface area contributed by atoms with Crippen LogP contribution in [0.1, 0.15) is 11.4 Å². The third kappa shape index (κ3) is 11.2. The second kappa shape index (κ2) is 19.0. The normalized spacial score (nSPS) is 18.3. The number of fused-ring (bicyclic) bond motifs is 3. The molecular weight excluding hydrogens is 619 g/mol. The number of pyridine rings is 2. The second-order valence-electron chi connectivity index (χ2n) is 10.5. The zero-order valence-electron chi connectivity index (χ0n) is 24.6. The number of thiocyanates is 1. The summed E-state index contributed by atoms with van der Waals surface area (Å²) in [5.41, 5.74) is 4.06. The predicted octanol–water partition coefficient (Wildman–Crippen LogP) is 3.75. The van der Waals surface area contributed by atoms with Gasteiger partial charge in [-0.2, -0.15) is 0 Å². The average Bonchev–Trinajstić information content (AvgIpc) is 2.99. The van der Waals surface area contributed by atoms with Crippen molar-refractivity contribution < 1.29 is 31.3 Å². The van der Waals surface area contributed by atoms with Crippen LogP contribution in [0.25, 0.3) is 21.8 Å². The van der Waals surface area contributed by atoms with Crippen LogP contribution >= 0.6 is 7.92 Å². The first-order valence-corrected chi connectivity index (χ1v) is 16.6. The fraction of sp³-hybridized carbons (Fsp3) is 0.567. The van der Waals surface area contributed by atoms with E-state index in [0.29, 0.717) is 0 Å². The van der Waals surface area contributed by atoms with Crippen molar-refractivity contribution in [3.05, 3.63) is 47.8 Å². The zero-order chi connectivity index (χ0) is 28.9. The van der Waals surface area contributed by atoms with E-state index in [0.717, 1.165) is 112 Å². The first kappa shape index (κ1) is 34.9. The molecule has 1 aromatic carbocycles. The fourth-order valence-corrected chi connectivity index (χ4v) is 7.99. The molecule has 232 valence electrons. The molecule has 3 aliphatic rings. The number of aromatic nitrogens is 2. The van der Waals surface area contributed by atoms with Crippen molar-refractivity contribution in [1.29, 1.82) is 5.26 Å². The summed E-state index contributed by atoms with van der Waals surface area (Å²) in [5, 5.41) is 10.8. The Kier molecular flexibility index (Phi) is 15.8. The van der Waals surface area contributed by atoms with Crippen molar-refractivity contribution in [2.24, 2.45) is 0 Å². The van der Waals surface area contributed by atoms with E-state index < -0.39 is 0 Å². The molecule has 0 aliphatic carbocycles. The zero-order valence-corrected chi connectivity index (χ0v) is 27.3. The molecule has 6 rings (SSSR count). The van der Waals surface area contributed by atoms with Gasteiger partial charge in [-0.15, -0.1) is 0 Å². The van der Waals surface area contributed by atoms with Crippen molar-refractivity contribution in [2.75, 3.05) is 97.8 Å². The summed E-state index contributed by atoms with van der Waals surface area (Å²) in [6.45, 7) is 16.0. The third-order valence-corrected chi connectivity index (χ3v) is 9.71. The maximum Gasteiger partial charge on any atom is 1.00 e. The largest absolute Gasteiger partial charge is 1.00 e. The maximum absolute atomic E-state index is 7.13. The number of nitriles is 1. The van der Waals surface area contributed by atoms with Crippen molar-refractivity contribution in [2.45, 2.75) is 13.8 Å². The van der Waals surface area contributed by atoms with Gasteiger partial charge in [-0.05, 0) is 26.0 Å². The Morgan fingerprint density at radius 1 is 0.667 bits per heavy atom. The molecule has 0 bridgehead atoms. The molecule has 9 nitrogen and oxygen atoms in total. The van der Waals surface area contributed by atoms with Crippen molar-refractivity contribution in [3.8, 4) is 5.40 Å². The van der Waals surface area contributed by atoms with Crippen LogP contribution in [0, 0.1) is 24.5 Å². The van der Waals surface area contributed by atoms with Gasteiger partial charge in [-0.3, -0.25) is 24.7 Å². The molecular formula is C30H42CuN6O3PS. The molecule has 0 saturated carbocycles. The van der Waals surface area contributed by atoms with Crippen LogP contribution in [0.15, 0.2) is 36.4 Å². The molecule has 2 aromatic heterocycles. The number of rotatable bonds is 6. The smallest absolute Gasteiger partial charge is 0.696 e. The van der Waals surface area contributed by atoms with E-state index in [4.69, 9.17) is 19.5 Å². The number of morpholine rings is 3. The predicted molar refractivity (Wildman–Crippen MR) is 168 cm³/mol. The Hall–Kier alpha value is -1.54. The van der Waals surface area contributed by atoms with E-state index in [-0.39, 0.29) is 25.0 Å². The minimum atomic E-state index is -0.0181. The summed E-state index contributed by atoms with van der Waals surface area (Å²) in [4.78, 5) is 17.0. The summed E-state index contributed by atoms with van der Waals surface area (Å²) in [6, 6.07) is 12.5. The Balaban J connectivity index is 0.000000214. The summed E-state index contributed by atoms with van der Waals surface area (Å²) in [5.74, 6) is 0. The molecule has 5 heterocycles.